The largest absolute Gasteiger partial charge is 0.481 e. The Hall–Kier alpha value is -1.06. The van der Waals surface area contributed by atoms with E-state index in [2.05, 4.69) is 20.8 Å². The maximum Gasteiger partial charge on any atom is 0.310 e. The third-order valence-corrected chi connectivity index (χ3v) is 5.66. The lowest BCUT2D eigenvalue weighted by atomic mass is 9.78. The lowest BCUT2D eigenvalue weighted by molar-refractivity contribution is -0.175. The number of carboxylic acids is 1. The van der Waals surface area contributed by atoms with Gasteiger partial charge in [0.1, 0.15) is 5.60 Å². The molecule has 0 bridgehead atoms. The summed E-state index contributed by atoms with van der Waals surface area (Å²) in [4.78, 5) is 24.5. The van der Waals surface area contributed by atoms with Gasteiger partial charge in [0, 0.05) is 0 Å². The average molecular weight is 355 g/mol. The Morgan fingerprint density at radius 3 is 1.72 bits per heavy atom. The minimum atomic E-state index is -0.845. The summed E-state index contributed by atoms with van der Waals surface area (Å²) in [5.74, 6) is -2.13. The zero-order valence-electron chi connectivity index (χ0n) is 16.5. The summed E-state index contributed by atoms with van der Waals surface area (Å²) >= 11 is 0. The van der Waals surface area contributed by atoms with Crippen molar-refractivity contribution in [2.24, 2.45) is 11.8 Å². The highest BCUT2D eigenvalue weighted by atomic mass is 16.6. The zero-order chi connectivity index (χ0) is 18.7. The maximum absolute atomic E-state index is 12.9. The molecule has 146 valence electrons. The van der Waals surface area contributed by atoms with Gasteiger partial charge >= 0.3 is 11.9 Å². The number of ether oxygens (including phenoxy) is 1. The highest BCUT2D eigenvalue weighted by Crippen LogP contribution is 2.36. The van der Waals surface area contributed by atoms with Crippen molar-refractivity contribution in [3.63, 3.8) is 0 Å². The highest BCUT2D eigenvalue weighted by Gasteiger charge is 2.41. The van der Waals surface area contributed by atoms with Gasteiger partial charge in [-0.1, -0.05) is 52.9 Å². The van der Waals surface area contributed by atoms with Gasteiger partial charge in [0.15, 0.2) is 0 Å². The normalized spacial score (nSPS) is 21.1. The van der Waals surface area contributed by atoms with Gasteiger partial charge in [-0.15, -0.1) is 0 Å². The molecule has 0 aromatic rings. The van der Waals surface area contributed by atoms with E-state index in [1.807, 2.05) is 0 Å². The van der Waals surface area contributed by atoms with E-state index in [0.29, 0.717) is 12.8 Å². The number of esters is 1. The van der Waals surface area contributed by atoms with Crippen LogP contribution in [0.25, 0.3) is 0 Å². The number of hydrogen-bond acceptors (Lipinski definition) is 3. The van der Waals surface area contributed by atoms with E-state index in [9.17, 15) is 14.7 Å². The molecule has 4 heteroatoms. The molecule has 4 nitrogen and oxygen atoms in total. The Labute approximate surface area is 153 Å². The quantitative estimate of drug-likeness (QED) is 0.455. The van der Waals surface area contributed by atoms with Gasteiger partial charge in [-0.25, -0.2) is 0 Å². The van der Waals surface area contributed by atoms with Crippen LogP contribution in [0.5, 0.6) is 0 Å². The molecular weight excluding hydrogens is 316 g/mol. The van der Waals surface area contributed by atoms with Crippen LogP contribution < -0.4 is 0 Å². The van der Waals surface area contributed by atoms with E-state index in [-0.39, 0.29) is 11.6 Å². The molecule has 25 heavy (non-hydrogen) atoms. The summed E-state index contributed by atoms with van der Waals surface area (Å²) in [6.07, 6.45) is 12.2. The van der Waals surface area contributed by atoms with Crippen molar-refractivity contribution < 1.29 is 19.4 Å². The predicted molar refractivity (Wildman–Crippen MR) is 100 cm³/mol. The number of hydrogen-bond donors (Lipinski definition) is 1. The smallest absolute Gasteiger partial charge is 0.310 e. The second-order valence-corrected chi connectivity index (χ2v) is 7.75. The highest BCUT2D eigenvalue weighted by molar-refractivity contribution is 5.81. The van der Waals surface area contributed by atoms with Crippen LogP contribution in [0.2, 0.25) is 0 Å². The van der Waals surface area contributed by atoms with Gasteiger partial charge in [0.25, 0.3) is 0 Å². The van der Waals surface area contributed by atoms with Gasteiger partial charge in [-0.05, 0) is 51.4 Å². The molecule has 1 N–H and O–H groups in total. The molecule has 2 unspecified atom stereocenters. The summed E-state index contributed by atoms with van der Waals surface area (Å²) < 4.78 is 6.16. The van der Waals surface area contributed by atoms with Crippen molar-refractivity contribution in [3.8, 4) is 0 Å². The molecule has 0 aromatic carbocycles. The molecule has 1 aliphatic carbocycles. The van der Waals surface area contributed by atoms with Crippen LogP contribution in [-0.2, 0) is 14.3 Å². The average Bonchev–Trinajstić information content (AvgIpc) is 2.62. The number of unbranched alkanes of at least 4 members (excludes halogenated alkanes) is 3. The molecule has 1 fully saturated rings. The summed E-state index contributed by atoms with van der Waals surface area (Å²) in [5.41, 5.74) is -0.389. The monoisotopic (exact) mass is 354 g/mol. The minimum Gasteiger partial charge on any atom is -0.481 e. The first-order valence-electron chi connectivity index (χ1n) is 10.4. The Balaban J connectivity index is 2.90. The van der Waals surface area contributed by atoms with Crippen LogP contribution in [0, 0.1) is 11.8 Å². The fourth-order valence-electron chi connectivity index (χ4n) is 4.02. The standard InChI is InChI=1S/C21H38O4/c1-4-7-14-21(15-8-5-2,16-9-6-3)25-20(24)18-13-11-10-12-17(18)19(22)23/h17-18H,4-16H2,1-3H3,(H,22,23). The van der Waals surface area contributed by atoms with Gasteiger partial charge in [-0.2, -0.15) is 0 Å². The van der Waals surface area contributed by atoms with Crippen LogP contribution in [-0.4, -0.2) is 22.6 Å². The van der Waals surface area contributed by atoms with E-state index in [1.54, 1.807) is 0 Å². The van der Waals surface area contributed by atoms with E-state index in [0.717, 1.165) is 70.6 Å². The minimum absolute atomic E-state index is 0.254. The second kappa shape index (κ2) is 11.5. The van der Waals surface area contributed by atoms with Crippen molar-refractivity contribution in [3.05, 3.63) is 0 Å². The predicted octanol–water partition coefficient (Wildman–Crippen LogP) is 5.73. The van der Waals surface area contributed by atoms with Crippen LogP contribution in [0.15, 0.2) is 0 Å². The summed E-state index contributed by atoms with van der Waals surface area (Å²) in [5, 5.41) is 9.47. The van der Waals surface area contributed by atoms with Crippen molar-refractivity contribution in [2.75, 3.05) is 0 Å². The van der Waals surface area contributed by atoms with Gasteiger partial charge in [0.05, 0.1) is 11.8 Å². The van der Waals surface area contributed by atoms with Crippen LogP contribution in [0.1, 0.15) is 104 Å². The lowest BCUT2D eigenvalue weighted by Gasteiger charge is -2.37. The molecular formula is C21H38O4. The van der Waals surface area contributed by atoms with Crippen LogP contribution in [0.3, 0.4) is 0 Å². The van der Waals surface area contributed by atoms with Crippen molar-refractivity contribution in [1.82, 2.24) is 0 Å². The number of rotatable bonds is 12. The van der Waals surface area contributed by atoms with E-state index in [1.165, 1.54) is 0 Å². The number of carbonyl (C=O) groups is 2. The van der Waals surface area contributed by atoms with E-state index in [4.69, 9.17) is 4.74 Å². The summed E-state index contributed by atoms with van der Waals surface area (Å²) in [6.45, 7) is 6.48. The van der Waals surface area contributed by atoms with Crippen LogP contribution in [0.4, 0.5) is 0 Å². The molecule has 1 saturated carbocycles. The molecule has 1 rings (SSSR count). The van der Waals surface area contributed by atoms with Gasteiger partial charge in [0.2, 0.25) is 0 Å². The third kappa shape index (κ3) is 6.99. The lowest BCUT2D eigenvalue weighted by Crippen LogP contribution is -2.41. The SMILES string of the molecule is CCCCC(CCCC)(CCCC)OC(=O)C1CCCCC1C(=O)O. The molecule has 0 heterocycles. The second-order valence-electron chi connectivity index (χ2n) is 7.75. The van der Waals surface area contributed by atoms with E-state index >= 15 is 0 Å². The Kier molecular flexibility index (Phi) is 10.1. The van der Waals surface area contributed by atoms with Gasteiger partial charge < -0.3 is 9.84 Å². The van der Waals surface area contributed by atoms with Crippen molar-refractivity contribution >= 4 is 11.9 Å². The zero-order valence-corrected chi connectivity index (χ0v) is 16.5. The molecule has 2 atom stereocenters. The number of aliphatic carboxylic acids is 1. The molecule has 1 aliphatic rings. The van der Waals surface area contributed by atoms with Gasteiger partial charge in [-0.3, -0.25) is 9.59 Å². The summed E-state index contributed by atoms with van der Waals surface area (Å²) in [7, 11) is 0. The van der Waals surface area contributed by atoms with Crippen molar-refractivity contribution in [1.29, 1.82) is 0 Å². The first-order chi connectivity index (χ1) is 12.0. The number of carboxylic acid groups (broad SMARTS) is 1. The molecule has 0 aliphatic heterocycles. The molecule has 0 radical (unpaired) electrons. The Morgan fingerprint density at radius 2 is 1.32 bits per heavy atom. The Morgan fingerprint density at radius 1 is 0.880 bits per heavy atom. The fraction of sp³-hybridized carbons (Fsp3) is 0.905. The van der Waals surface area contributed by atoms with Crippen molar-refractivity contribution in [2.45, 2.75) is 110 Å². The molecule has 0 saturated heterocycles. The maximum atomic E-state index is 12.9. The molecule has 0 amide bonds. The topological polar surface area (TPSA) is 63.6 Å². The number of carbonyl (C=O) groups excluding carboxylic acids is 1. The first kappa shape index (κ1) is 22.0. The molecule has 0 aromatic heterocycles. The van der Waals surface area contributed by atoms with Crippen LogP contribution >= 0.6 is 0 Å². The Bertz CT molecular complexity index is 383. The van der Waals surface area contributed by atoms with E-state index < -0.39 is 17.8 Å². The third-order valence-electron chi connectivity index (χ3n) is 5.66. The molecule has 0 spiro atoms. The first-order valence-corrected chi connectivity index (χ1v) is 10.4. The fourth-order valence-corrected chi connectivity index (χ4v) is 4.02. The summed E-state index contributed by atoms with van der Waals surface area (Å²) in [6, 6.07) is 0.